The van der Waals surface area contributed by atoms with E-state index in [1.807, 2.05) is 43.3 Å². The van der Waals surface area contributed by atoms with Crippen molar-refractivity contribution in [3.8, 4) is 28.7 Å². The number of cyclic esters (lactones) is 1. The zero-order valence-corrected chi connectivity index (χ0v) is 20.3. The molecule has 0 saturated carbocycles. The standard InChI is InChI=1S/C25H30N2O7/c1-27(2)9-10-33-24-17(29-3)8-7-15-20(21-16(26-22(15)24)13-34-25(21)28)14-11-18(30-4)23(32-6)19(12-14)31-5/h7-8,11-12,20-21H,9-10,13H2,1-6H3. The highest BCUT2D eigenvalue weighted by atomic mass is 16.5. The second kappa shape index (κ2) is 9.80. The minimum Gasteiger partial charge on any atom is -0.493 e. The first-order valence-corrected chi connectivity index (χ1v) is 11.0. The fourth-order valence-electron chi connectivity index (χ4n) is 4.43. The first kappa shape index (κ1) is 23.7. The van der Waals surface area contributed by atoms with Crippen LogP contribution in [0, 0.1) is 5.92 Å². The molecule has 0 N–H and O–H groups in total. The third-order valence-electron chi connectivity index (χ3n) is 6.08. The molecule has 34 heavy (non-hydrogen) atoms. The van der Waals surface area contributed by atoms with Crippen LogP contribution in [0.15, 0.2) is 29.3 Å². The van der Waals surface area contributed by atoms with Crippen molar-refractivity contribution >= 4 is 17.4 Å². The molecule has 0 amide bonds. The fraction of sp³-hybridized carbons (Fsp3) is 0.440. The van der Waals surface area contributed by atoms with Crippen LogP contribution < -0.4 is 23.7 Å². The van der Waals surface area contributed by atoms with Gasteiger partial charge in [-0.15, -0.1) is 0 Å². The molecular weight excluding hydrogens is 440 g/mol. The van der Waals surface area contributed by atoms with E-state index in [1.54, 1.807) is 28.4 Å². The summed E-state index contributed by atoms with van der Waals surface area (Å²) >= 11 is 0. The Morgan fingerprint density at radius 1 is 0.941 bits per heavy atom. The maximum Gasteiger partial charge on any atom is 0.316 e. The first-order chi connectivity index (χ1) is 16.4. The van der Waals surface area contributed by atoms with Crippen LogP contribution in [0.25, 0.3) is 0 Å². The minimum absolute atomic E-state index is 0.137. The van der Waals surface area contributed by atoms with Crippen LogP contribution >= 0.6 is 0 Å². The van der Waals surface area contributed by atoms with Gasteiger partial charge in [0.2, 0.25) is 5.75 Å². The van der Waals surface area contributed by atoms with E-state index in [0.717, 1.165) is 17.7 Å². The van der Waals surface area contributed by atoms with Gasteiger partial charge < -0.3 is 33.3 Å². The number of esters is 1. The summed E-state index contributed by atoms with van der Waals surface area (Å²) in [6.45, 7) is 1.32. The van der Waals surface area contributed by atoms with Gasteiger partial charge in [-0.3, -0.25) is 4.79 Å². The molecule has 2 unspecified atom stereocenters. The van der Waals surface area contributed by atoms with Gasteiger partial charge in [-0.1, -0.05) is 6.07 Å². The van der Waals surface area contributed by atoms with Crippen LogP contribution in [0.1, 0.15) is 17.0 Å². The van der Waals surface area contributed by atoms with Crippen LogP contribution in [0.4, 0.5) is 5.69 Å². The summed E-state index contributed by atoms with van der Waals surface area (Å²) in [4.78, 5) is 19.7. The van der Waals surface area contributed by atoms with Crippen LogP contribution in [0.3, 0.4) is 0 Å². The number of fused-ring (bicyclic) bond motifs is 2. The second-order valence-electron chi connectivity index (χ2n) is 8.31. The van der Waals surface area contributed by atoms with Crippen LogP contribution in [-0.2, 0) is 9.53 Å². The van der Waals surface area contributed by atoms with Crippen molar-refractivity contribution in [3.05, 3.63) is 35.4 Å². The normalized spacial score (nSPS) is 18.6. The number of hydrogen-bond acceptors (Lipinski definition) is 9. The Morgan fingerprint density at radius 2 is 1.62 bits per heavy atom. The van der Waals surface area contributed by atoms with Gasteiger partial charge in [0.15, 0.2) is 23.0 Å². The third-order valence-corrected chi connectivity index (χ3v) is 6.08. The summed E-state index contributed by atoms with van der Waals surface area (Å²) < 4.78 is 33.8. The lowest BCUT2D eigenvalue weighted by atomic mass is 9.76. The maximum atomic E-state index is 12.8. The van der Waals surface area contributed by atoms with Gasteiger partial charge >= 0.3 is 5.97 Å². The SMILES string of the molecule is COc1cc(C2c3ccc(OC)c(OCCN(C)C)c3N=C3COC(=O)C32)cc(OC)c1OC. The Labute approximate surface area is 199 Å². The lowest BCUT2D eigenvalue weighted by Gasteiger charge is -2.30. The van der Waals surface area contributed by atoms with Crippen LogP contribution in [-0.4, -0.2) is 78.9 Å². The lowest BCUT2D eigenvalue weighted by Crippen LogP contribution is -2.28. The Morgan fingerprint density at radius 3 is 2.21 bits per heavy atom. The molecule has 0 aliphatic carbocycles. The molecule has 2 heterocycles. The Balaban J connectivity index is 1.90. The predicted octanol–water partition coefficient (Wildman–Crippen LogP) is 3.05. The van der Waals surface area contributed by atoms with E-state index in [0.29, 0.717) is 46.8 Å². The van der Waals surface area contributed by atoms with Gasteiger partial charge in [-0.25, -0.2) is 4.99 Å². The van der Waals surface area contributed by atoms with E-state index < -0.39 is 5.92 Å². The van der Waals surface area contributed by atoms with Crippen molar-refractivity contribution in [2.75, 3.05) is 62.3 Å². The summed E-state index contributed by atoms with van der Waals surface area (Å²) in [7, 11) is 10.2. The monoisotopic (exact) mass is 470 g/mol. The van der Waals surface area contributed by atoms with Gasteiger partial charge in [0.05, 0.1) is 34.2 Å². The summed E-state index contributed by atoms with van der Waals surface area (Å²) in [5.41, 5.74) is 2.95. The summed E-state index contributed by atoms with van der Waals surface area (Å²) in [5.74, 6) is 1.36. The average molecular weight is 471 g/mol. The molecule has 9 heteroatoms. The highest BCUT2D eigenvalue weighted by molar-refractivity contribution is 6.11. The van der Waals surface area contributed by atoms with Crippen molar-refractivity contribution in [2.24, 2.45) is 10.9 Å². The fourth-order valence-corrected chi connectivity index (χ4v) is 4.43. The molecule has 1 saturated heterocycles. The Kier molecular flexibility index (Phi) is 6.83. The number of benzene rings is 2. The molecular formula is C25H30N2O7. The molecule has 0 spiro atoms. The Bertz CT molecular complexity index is 1090. The Hall–Kier alpha value is -3.46. The molecule has 2 aliphatic rings. The van der Waals surface area contributed by atoms with Gasteiger partial charge in [-0.05, 0) is 43.4 Å². The first-order valence-electron chi connectivity index (χ1n) is 11.0. The van der Waals surface area contributed by atoms with E-state index in [4.69, 9.17) is 33.4 Å². The molecule has 9 nitrogen and oxygen atoms in total. The van der Waals surface area contributed by atoms with E-state index in [-0.39, 0.29) is 18.5 Å². The quantitative estimate of drug-likeness (QED) is 0.517. The van der Waals surface area contributed by atoms with Crippen molar-refractivity contribution in [2.45, 2.75) is 5.92 Å². The predicted molar refractivity (Wildman–Crippen MR) is 127 cm³/mol. The summed E-state index contributed by atoms with van der Waals surface area (Å²) in [5, 5.41) is 0. The molecule has 0 bridgehead atoms. The summed E-state index contributed by atoms with van der Waals surface area (Å²) in [6, 6.07) is 7.49. The zero-order valence-electron chi connectivity index (χ0n) is 20.3. The molecule has 1 fully saturated rings. The highest BCUT2D eigenvalue weighted by Crippen LogP contribution is 2.53. The molecule has 0 aromatic heterocycles. The number of aliphatic imine (C=N–C) groups is 1. The van der Waals surface area contributed by atoms with Gasteiger partial charge in [0, 0.05) is 12.5 Å². The number of nitrogens with zero attached hydrogens (tertiary/aromatic N) is 2. The topological polar surface area (TPSA) is 88.1 Å². The van der Waals surface area contributed by atoms with E-state index in [2.05, 4.69) is 0 Å². The van der Waals surface area contributed by atoms with Gasteiger partial charge in [0.1, 0.15) is 24.8 Å². The molecule has 182 valence electrons. The molecule has 2 aromatic rings. The summed E-state index contributed by atoms with van der Waals surface area (Å²) in [6.07, 6.45) is 0. The van der Waals surface area contributed by atoms with Crippen molar-refractivity contribution in [3.63, 3.8) is 0 Å². The molecule has 2 atom stereocenters. The molecule has 2 aliphatic heterocycles. The molecule has 0 radical (unpaired) electrons. The molecule has 2 aromatic carbocycles. The van der Waals surface area contributed by atoms with E-state index >= 15 is 0 Å². The van der Waals surface area contributed by atoms with Crippen molar-refractivity contribution in [1.82, 2.24) is 4.90 Å². The smallest absolute Gasteiger partial charge is 0.316 e. The van der Waals surface area contributed by atoms with E-state index in [9.17, 15) is 4.79 Å². The number of rotatable bonds is 9. The van der Waals surface area contributed by atoms with Gasteiger partial charge in [0.25, 0.3) is 0 Å². The average Bonchev–Trinajstić information content (AvgIpc) is 3.21. The second-order valence-corrected chi connectivity index (χ2v) is 8.31. The number of carbonyl (C=O) groups excluding carboxylic acids is 1. The number of likely N-dealkylation sites (N-methyl/N-ethyl adjacent to an activating group) is 1. The lowest BCUT2D eigenvalue weighted by molar-refractivity contribution is -0.141. The highest BCUT2D eigenvalue weighted by Gasteiger charge is 2.46. The maximum absolute atomic E-state index is 12.8. The van der Waals surface area contributed by atoms with E-state index in [1.165, 1.54) is 0 Å². The van der Waals surface area contributed by atoms with Crippen molar-refractivity contribution in [1.29, 1.82) is 0 Å². The minimum atomic E-state index is -0.557. The number of hydrogen-bond donors (Lipinski definition) is 0. The number of carbonyl (C=O) groups is 1. The zero-order chi connectivity index (χ0) is 24.4. The van der Waals surface area contributed by atoms with Crippen LogP contribution in [0.2, 0.25) is 0 Å². The van der Waals surface area contributed by atoms with Crippen LogP contribution in [0.5, 0.6) is 28.7 Å². The van der Waals surface area contributed by atoms with Crippen molar-refractivity contribution < 1.29 is 33.2 Å². The largest absolute Gasteiger partial charge is 0.493 e. The van der Waals surface area contributed by atoms with Gasteiger partial charge in [-0.2, -0.15) is 0 Å². The molecule has 4 rings (SSSR count). The third kappa shape index (κ3) is 4.11. The number of ether oxygens (including phenoxy) is 6. The number of methoxy groups -OCH3 is 4.